The molecule has 19 rings (SSSR count). The van der Waals surface area contributed by atoms with Crippen LogP contribution < -0.4 is 9.80 Å². The Morgan fingerprint density at radius 1 is 0.287 bits per heavy atom. The first kappa shape index (κ1) is 54.4. The lowest BCUT2D eigenvalue weighted by Gasteiger charge is -2.27. The van der Waals surface area contributed by atoms with E-state index in [1.54, 1.807) is 0 Å². The standard InChI is InChI=1S/C88H66N4O2/c1-51-41-45-65-63-35-23-39-69(87(3,4)5)83(63)93-85(65)77(51)89(55-29-17-11-18-30-55)57-43-47-59-61-33-21-37-67-75-74(54-27-15-10-16-28-54)82-76(73(53-25-13-9-14-26-53)81(75)91(79(61)67)71(59)49-57)68-38-22-34-62-60-48-44-58(50-72(60)92(82)80(62)68)90(56-31-19-12-20-32-56)78-52(2)42-46-66-64-36-24-40-70(88(6,7)8)84(64)94-86(66)78/h9-50H,1-8H3. The van der Waals surface area contributed by atoms with Crippen LogP contribution in [-0.4, -0.2) is 8.80 Å². The smallest absolute Gasteiger partial charge is 0.159 e. The molecule has 19 aromatic rings. The van der Waals surface area contributed by atoms with Gasteiger partial charge in [0.2, 0.25) is 0 Å². The molecule has 6 heteroatoms. The molecule has 6 aromatic heterocycles. The third kappa shape index (κ3) is 7.53. The summed E-state index contributed by atoms with van der Waals surface area (Å²) in [5.41, 5.74) is 26.1. The van der Waals surface area contributed by atoms with E-state index in [1.165, 1.54) is 87.4 Å². The van der Waals surface area contributed by atoms with Gasteiger partial charge in [-0.3, -0.25) is 0 Å². The number of nitrogens with zero attached hydrogens (tertiary/aromatic N) is 4. The first-order valence-electron chi connectivity index (χ1n) is 32.9. The fourth-order valence-electron chi connectivity index (χ4n) is 16.3. The number of para-hydroxylation sites is 6. The van der Waals surface area contributed by atoms with E-state index in [1.807, 2.05) is 0 Å². The van der Waals surface area contributed by atoms with Gasteiger partial charge in [0.1, 0.15) is 11.2 Å². The molecule has 6 heterocycles. The predicted octanol–water partition coefficient (Wildman–Crippen LogP) is 25.3. The molecule has 0 fully saturated rings. The monoisotopic (exact) mass is 1210 g/mol. The second-order valence-electron chi connectivity index (χ2n) is 28.0. The van der Waals surface area contributed by atoms with Crippen LogP contribution in [0.3, 0.4) is 0 Å². The Labute approximate surface area is 544 Å². The molecular formula is C88H66N4O2. The molecular weight excluding hydrogens is 1140 g/mol. The van der Waals surface area contributed by atoms with Crippen LogP contribution in [0.1, 0.15) is 63.8 Å². The molecule has 94 heavy (non-hydrogen) atoms. The Bertz CT molecular complexity index is 5930. The number of anilines is 6. The maximum atomic E-state index is 7.26. The van der Waals surface area contributed by atoms with Crippen LogP contribution in [0.2, 0.25) is 0 Å². The van der Waals surface area contributed by atoms with E-state index < -0.39 is 0 Å². The second-order valence-corrected chi connectivity index (χ2v) is 28.0. The van der Waals surface area contributed by atoms with E-state index in [2.05, 4.69) is 329 Å². The minimum atomic E-state index is -0.122. The zero-order valence-electron chi connectivity index (χ0n) is 53.9. The molecule has 6 nitrogen and oxygen atoms in total. The van der Waals surface area contributed by atoms with Gasteiger partial charge in [0.15, 0.2) is 11.2 Å². The SMILES string of the molecule is Cc1ccc2c(oc3c(C(C)(C)C)cccc32)c1N(c1ccccc1)c1ccc2c3cccc4c5c(-c6ccccc6)c6c(c(-c7ccccc7)c5n(c2c1)c34)c1cccc2c3ccc(N(c4ccccc4)c4c(C)ccc5c4oc4c(C(C)(C)C)cccc45)cc3n6c21. The zero-order valence-corrected chi connectivity index (χ0v) is 53.9. The van der Waals surface area contributed by atoms with Crippen LogP contribution in [-0.2, 0) is 10.8 Å². The Balaban J connectivity index is 0.938. The highest BCUT2D eigenvalue weighted by atomic mass is 16.3. The summed E-state index contributed by atoms with van der Waals surface area (Å²) in [6, 6.07) is 94.6. The van der Waals surface area contributed by atoms with Crippen LogP contribution in [0, 0.1) is 13.8 Å². The van der Waals surface area contributed by atoms with Crippen molar-refractivity contribution >= 4 is 154 Å². The average Bonchev–Trinajstić information content (AvgIpc) is 1.50. The van der Waals surface area contributed by atoms with Crippen LogP contribution in [0.5, 0.6) is 0 Å². The van der Waals surface area contributed by atoms with Gasteiger partial charge in [0.25, 0.3) is 0 Å². The van der Waals surface area contributed by atoms with Crippen molar-refractivity contribution in [2.24, 2.45) is 0 Å². The molecule has 0 aliphatic carbocycles. The van der Waals surface area contributed by atoms with E-state index in [0.717, 1.165) is 111 Å². The Morgan fingerprint density at radius 2 is 0.628 bits per heavy atom. The van der Waals surface area contributed by atoms with Gasteiger partial charge in [-0.25, -0.2) is 0 Å². The van der Waals surface area contributed by atoms with Crippen LogP contribution in [0.4, 0.5) is 34.1 Å². The molecule has 450 valence electrons. The van der Waals surface area contributed by atoms with Crippen molar-refractivity contribution in [2.75, 3.05) is 9.80 Å². The molecule has 0 aliphatic heterocycles. The largest absolute Gasteiger partial charge is 0.454 e. The molecule has 0 saturated carbocycles. The van der Waals surface area contributed by atoms with Gasteiger partial charge in [0, 0.05) is 110 Å². The van der Waals surface area contributed by atoms with E-state index in [4.69, 9.17) is 8.83 Å². The quantitative estimate of drug-likeness (QED) is 0.152. The van der Waals surface area contributed by atoms with Crippen molar-refractivity contribution in [3.63, 3.8) is 0 Å². The number of hydrogen-bond acceptors (Lipinski definition) is 4. The number of benzene rings is 13. The van der Waals surface area contributed by atoms with Crippen molar-refractivity contribution in [3.05, 3.63) is 277 Å². The number of aromatic nitrogens is 2. The predicted molar refractivity (Wildman–Crippen MR) is 397 cm³/mol. The Morgan fingerprint density at radius 3 is 1.02 bits per heavy atom. The van der Waals surface area contributed by atoms with Gasteiger partial charge in [-0.15, -0.1) is 0 Å². The molecule has 0 N–H and O–H groups in total. The van der Waals surface area contributed by atoms with E-state index >= 15 is 0 Å². The van der Waals surface area contributed by atoms with Crippen LogP contribution in [0.25, 0.3) is 142 Å². The van der Waals surface area contributed by atoms with Crippen LogP contribution >= 0.6 is 0 Å². The molecule has 0 amide bonds. The minimum absolute atomic E-state index is 0.122. The highest BCUT2D eigenvalue weighted by Crippen LogP contribution is 2.56. The molecule has 0 atom stereocenters. The van der Waals surface area contributed by atoms with E-state index in [0.29, 0.717) is 0 Å². The van der Waals surface area contributed by atoms with Gasteiger partial charge in [0.05, 0.1) is 44.5 Å². The van der Waals surface area contributed by atoms with Crippen molar-refractivity contribution in [2.45, 2.75) is 66.2 Å². The molecule has 0 saturated heterocycles. The van der Waals surface area contributed by atoms with Gasteiger partial charge >= 0.3 is 0 Å². The van der Waals surface area contributed by atoms with Crippen LogP contribution in [0.15, 0.2) is 264 Å². The lowest BCUT2D eigenvalue weighted by Crippen LogP contribution is -2.11. The topological polar surface area (TPSA) is 41.6 Å². The van der Waals surface area contributed by atoms with Crippen molar-refractivity contribution in [1.29, 1.82) is 0 Å². The number of fused-ring (bicyclic) bond motifs is 18. The normalized spacial score (nSPS) is 12.7. The Hall–Kier alpha value is -11.3. The minimum Gasteiger partial charge on any atom is -0.454 e. The fourth-order valence-corrected chi connectivity index (χ4v) is 16.3. The molecule has 13 aromatic carbocycles. The summed E-state index contributed by atoms with van der Waals surface area (Å²) in [5, 5.41) is 14.2. The number of rotatable bonds is 8. The molecule has 0 spiro atoms. The maximum absolute atomic E-state index is 7.26. The summed E-state index contributed by atoms with van der Waals surface area (Å²) in [7, 11) is 0. The first-order valence-corrected chi connectivity index (χ1v) is 32.9. The fraction of sp³-hybridized carbons (Fsp3) is 0.114. The molecule has 0 radical (unpaired) electrons. The Kier molecular flexibility index (Phi) is 11.3. The highest BCUT2D eigenvalue weighted by molar-refractivity contribution is 6.38. The zero-order chi connectivity index (χ0) is 63.2. The molecule has 0 unspecified atom stereocenters. The number of aryl methyl sites for hydroxylation is 2. The van der Waals surface area contributed by atoms with E-state index in [-0.39, 0.29) is 10.8 Å². The summed E-state index contributed by atoms with van der Waals surface area (Å²) in [5.74, 6) is 0. The van der Waals surface area contributed by atoms with Gasteiger partial charge in [-0.2, -0.15) is 0 Å². The lowest BCUT2D eigenvalue weighted by molar-refractivity contribution is 0.572. The van der Waals surface area contributed by atoms with Gasteiger partial charge in [-0.05, 0) is 95.5 Å². The lowest BCUT2D eigenvalue weighted by atomic mass is 9.86. The van der Waals surface area contributed by atoms with Crippen molar-refractivity contribution in [3.8, 4) is 22.3 Å². The van der Waals surface area contributed by atoms with E-state index in [9.17, 15) is 0 Å². The maximum Gasteiger partial charge on any atom is 0.159 e. The second kappa shape index (κ2) is 19.6. The first-order chi connectivity index (χ1) is 45.8. The molecule has 0 bridgehead atoms. The highest BCUT2D eigenvalue weighted by Gasteiger charge is 2.33. The number of furan rings is 2. The summed E-state index contributed by atoms with van der Waals surface area (Å²) < 4.78 is 19.8. The third-order valence-electron chi connectivity index (χ3n) is 20.4. The average molecular weight is 1210 g/mol. The van der Waals surface area contributed by atoms with Gasteiger partial charge < -0.3 is 27.4 Å². The summed E-state index contributed by atoms with van der Waals surface area (Å²) >= 11 is 0. The van der Waals surface area contributed by atoms with Gasteiger partial charge in [-0.1, -0.05) is 248 Å². The summed E-state index contributed by atoms with van der Waals surface area (Å²) in [4.78, 5) is 4.86. The summed E-state index contributed by atoms with van der Waals surface area (Å²) in [6.45, 7) is 18.1. The third-order valence-corrected chi connectivity index (χ3v) is 20.4. The van der Waals surface area contributed by atoms with Crippen molar-refractivity contribution < 1.29 is 8.83 Å². The van der Waals surface area contributed by atoms with Crippen molar-refractivity contribution in [1.82, 2.24) is 8.80 Å². The molecule has 0 aliphatic rings. The summed E-state index contributed by atoms with van der Waals surface area (Å²) in [6.07, 6.45) is 0. The number of hydrogen-bond donors (Lipinski definition) is 0.